The first-order valence-corrected chi connectivity index (χ1v) is 7.48. The van der Waals surface area contributed by atoms with E-state index in [-0.39, 0.29) is 16.8 Å². The van der Waals surface area contributed by atoms with Gasteiger partial charge in [0.05, 0.1) is 18.2 Å². The van der Waals surface area contributed by atoms with E-state index >= 15 is 0 Å². The Hall–Kier alpha value is -2.68. The van der Waals surface area contributed by atoms with Gasteiger partial charge in [-0.05, 0) is 12.5 Å². The second-order valence-electron chi connectivity index (χ2n) is 4.62. The van der Waals surface area contributed by atoms with Crippen LogP contribution in [0.1, 0.15) is 43.0 Å². The first-order valence-electron chi connectivity index (χ1n) is 6.66. The SMILES string of the molecule is CCc1cc(C(=O)OC)c(NC(=O)c2cn(C)nc2C(=O)O)s1. The van der Waals surface area contributed by atoms with Crippen molar-refractivity contribution in [3.63, 3.8) is 0 Å². The third-order valence-electron chi connectivity index (χ3n) is 3.04. The highest BCUT2D eigenvalue weighted by molar-refractivity contribution is 7.16. The highest BCUT2D eigenvalue weighted by Gasteiger charge is 2.24. The number of hydrogen-bond donors (Lipinski definition) is 2. The van der Waals surface area contributed by atoms with Crippen LogP contribution >= 0.6 is 11.3 Å². The minimum Gasteiger partial charge on any atom is -0.476 e. The lowest BCUT2D eigenvalue weighted by Gasteiger charge is -2.04. The van der Waals surface area contributed by atoms with Gasteiger partial charge >= 0.3 is 11.9 Å². The number of nitrogens with one attached hydrogen (secondary N) is 1. The Morgan fingerprint density at radius 2 is 2.09 bits per heavy atom. The number of nitrogens with zero attached hydrogens (tertiary/aromatic N) is 2. The molecule has 0 aliphatic heterocycles. The number of aromatic nitrogens is 2. The topological polar surface area (TPSA) is 111 Å². The quantitative estimate of drug-likeness (QED) is 0.805. The number of carbonyl (C=O) groups is 3. The van der Waals surface area contributed by atoms with Crippen molar-refractivity contribution in [1.82, 2.24) is 9.78 Å². The lowest BCUT2D eigenvalue weighted by molar-refractivity contribution is 0.0601. The molecule has 2 rings (SSSR count). The lowest BCUT2D eigenvalue weighted by Crippen LogP contribution is -2.16. The zero-order valence-corrected chi connectivity index (χ0v) is 13.6. The maximum Gasteiger partial charge on any atom is 0.357 e. The van der Waals surface area contributed by atoms with Crippen LogP contribution in [0.25, 0.3) is 0 Å². The predicted octanol–water partition coefficient (Wildman–Crippen LogP) is 1.78. The number of ether oxygens (including phenoxy) is 1. The molecule has 2 heterocycles. The van der Waals surface area contributed by atoms with E-state index in [1.54, 1.807) is 6.07 Å². The lowest BCUT2D eigenvalue weighted by atomic mass is 10.2. The van der Waals surface area contributed by atoms with E-state index < -0.39 is 17.8 Å². The van der Waals surface area contributed by atoms with Crippen molar-refractivity contribution in [3.05, 3.63) is 34.0 Å². The molecule has 0 fully saturated rings. The summed E-state index contributed by atoms with van der Waals surface area (Å²) in [6.45, 7) is 1.92. The summed E-state index contributed by atoms with van der Waals surface area (Å²) < 4.78 is 5.94. The fraction of sp³-hybridized carbons (Fsp3) is 0.286. The first kappa shape index (κ1) is 16.7. The minimum absolute atomic E-state index is 0.0812. The Balaban J connectivity index is 2.35. The molecule has 0 aromatic carbocycles. The maximum absolute atomic E-state index is 12.3. The summed E-state index contributed by atoms with van der Waals surface area (Å²) in [5.74, 6) is -2.52. The van der Waals surface area contributed by atoms with E-state index in [4.69, 9.17) is 9.84 Å². The molecule has 0 bridgehead atoms. The highest BCUT2D eigenvalue weighted by Crippen LogP contribution is 2.29. The normalized spacial score (nSPS) is 10.4. The fourth-order valence-corrected chi connectivity index (χ4v) is 2.93. The van der Waals surface area contributed by atoms with Gasteiger partial charge in [-0.1, -0.05) is 6.92 Å². The molecule has 2 aromatic heterocycles. The van der Waals surface area contributed by atoms with Gasteiger partial charge in [-0.3, -0.25) is 9.48 Å². The number of thiophene rings is 1. The van der Waals surface area contributed by atoms with E-state index in [9.17, 15) is 14.4 Å². The molecule has 1 amide bonds. The Labute approximate surface area is 135 Å². The molecular formula is C14H15N3O5S. The largest absolute Gasteiger partial charge is 0.476 e. The summed E-state index contributed by atoms with van der Waals surface area (Å²) in [5.41, 5.74) is -0.192. The molecule has 0 aliphatic rings. The standard InChI is InChI=1S/C14H15N3O5S/c1-4-7-5-8(14(21)22-3)12(23-7)15-11(18)9-6-17(2)16-10(9)13(19)20/h5-6H,4H2,1-3H3,(H,15,18)(H,19,20). The van der Waals surface area contributed by atoms with Crippen LogP contribution in [-0.4, -0.2) is 39.8 Å². The molecule has 9 heteroatoms. The van der Waals surface area contributed by atoms with Gasteiger partial charge in [0.2, 0.25) is 0 Å². The average molecular weight is 337 g/mol. The van der Waals surface area contributed by atoms with Gasteiger partial charge in [0.1, 0.15) is 5.00 Å². The number of aromatic carboxylic acids is 1. The smallest absolute Gasteiger partial charge is 0.357 e. The number of methoxy groups -OCH3 is 1. The number of anilines is 1. The number of rotatable bonds is 5. The van der Waals surface area contributed by atoms with Crippen molar-refractivity contribution in [3.8, 4) is 0 Å². The van der Waals surface area contributed by atoms with Crippen LogP contribution in [0, 0.1) is 0 Å². The van der Waals surface area contributed by atoms with Gasteiger partial charge in [-0.2, -0.15) is 5.10 Å². The Bertz CT molecular complexity index is 777. The summed E-state index contributed by atoms with van der Waals surface area (Å²) >= 11 is 1.24. The number of amides is 1. The molecule has 2 aromatic rings. The van der Waals surface area contributed by atoms with Crippen LogP contribution < -0.4 is 5.32 Å². The second kappa shape index (κ2) is 6.61. The molecule has 122 valence electrons. The molecule has 0 atom stereocenters. The molecule has 23 heavy (non-hydrogen) atoms. The monoisotopic (exact) mass is 337 g/mol. The number of hydrogen-bond acceptors (Lipinski definition) is 6. The summed E-state index contributed by atoms with van der Waals surface area (Å²) in [6, 6.07) is 1.65. The average Bonchev–Trinajstić information content (AvgIpc) is 3.10. The second-order valence-corrected chi connectivity index (χ2v) is 5.76. The summed E-state index contributed by atoms with van der Waals surface area (Å²) in [7, 11) is 2.77. The van der Waals surface area contributed by atoms with Crippen molar-refractivity contribution in [1.29, 1.82) is 0 Å². The zero-order chi connectivity index (χ0) is 17.1. The van der Waals surface area contributed by atoms with Crippen LogP contribution in [-0.2, 0) is 18.2 Å². The van der Waals surface area contributed by atoms with Crippen LogP contribution in [0.15, 0.2) is 12.3 Å². The van der Waals surface area contributed by atoms with Crippen LogP contribution in [0.4, 0.5) is 5.00 Å². The van der Waals surface area contributed by atoms with E-state index in [2.05, 4.69) is 10.4 Å². The van der Waals surface area contributed by atoms with Crippen LogP contribution in [0.3, 0.4) is 0 Å². The molecule has 0 spiro atoms. The van der Waals surface area contributed by atoms with Crippen LogP contribution in [0.5, 0.6) is 0 Å². The Kier molecular flexibility index (Phi) is 4.80. The molecule has 0 saturated carbocycles. The minimum atomic E-state index is -1.30. The van der Waals surface area contributed by atoms with Gasteiger partial charge in [-0.15, -0.1) is 11.3 Å². The number of carboxylic acid groups (broad SMARTS) is 1. The van der Waals surface area contributed by atoms with Crippen LogP contribution in [0.2, 0.25) is 0 Å². The van der Waals surface area contributed by atoms with Crippen molar-refractivity contribution in [2.45, 2.75) is 13.3 Å². The molecule has 2 N–H and O–H groups in total. The van der Waals surface area contributed by atoms with Gasteiger partial charge < -0.3 is 15.2 Å². The van der Waals surface area contributed by atoms with E-state index in [0.29, 0.717) is 11.4 Å². The molecule has 0 saturated heterocycles. The summed E-state index contributed by atoms with van der Waals surface area (Å²) in [5, 5.41) is 15.7. The van der Waals surface area contributed by atoms with Gasteiger partial charge in [-0.25, -0.2) is 9.59 Å². The summed E-state index contributed by atoms with van der Waals surface area (Å²) in [4.78, 5) is 36.2. The molecule has 0 unspecified atom stereocenters. The summed E-state index contributed by atoms with van der Waals surface area (Å²) in [6.07, 6.45) is 2.00. The first-order chi connectivity index (χ1) is 10.9. The van der Waals surface area contributed by atoms with E-state index in [1.165, 1.54) is 36.4 Å². The van der Waals surface area contributed by atoms with Gasteiger partial charge in [0, 0.05) is 18.1 Å². The fourth-order valence-electron chi connectivity index (χ4n) is 1.95. The zero-order valence-electron chi connectivity index (χ0n) is 12.7. The van der Waals surface area contributed by atoms with Gasteiger partial charge in [0.15, 0.2) is 5.69 Å². The number of esters is 1. The molecule has 0 radical (unpaired) electrons. The van der Waals surface area contributed by atoms with E-state index in [0.717, 1.165) is 4.88 Å². The third kappa shape index (κ3) is 3.39. The molecular weight excluding hydrogens is 322 g/mol. The van der Waals surface area contributed by atoms with E-state index in [1.807, 2.05) is 6.92 Å². The molecule has 0 aliphatic carbocycles. The Morgan fingerprint density at radius 3 is 2.65 bits per heavy atom. The highest BCUT2D eigenvalue weighted by atomic mass is 32.1. The van der Waals surface area contributed by atoms with Crippen molar-refractivity contribution < 1.29 is 24.2 Å². The number of carbonyl (C=O) groups excluding carboxylic acids is 2. The maximum atomic E-state index is 12.3. The predicted molar refractivity (Wildman–Crippen MR) is 83.2 cm³/mol. The molecule has 8 nitrogen and oxygen atoms in total. The van der Waals surface area contributed by atoms with Crippen molar-refractivity contribution in [2.24, 2.45) is 7.05 Å². The number of carboxylic acids is 1. The number of aryl methyl sites for hydroxylation is 2. The van der Waals surface area contributed by atoms with Crippen molar-refractivity contribution in [2.75, 3.05) is 12.4 Å². The van der Waals surface area contributed by atoms with Crippen molar-refractivity contribution >= 4 is 34.2 Å². The van der Waals surface area contributed by atoms with Gasteiger partial charge in [0.25, 0.3) is 5.91 Å². The third-order valence-corrected chi connectivity index (χ3v) is 4.23. The Morgan fingerprint density at radius 1 is 1.39 bits per heavy atom.